The lowest BCUT2D eigenvalue weighted by Crippen LogP contribution is -2.28. The van der Waals surface area contributed by atoms with Gasteiger partial charge in [0.2, 0.25) is 0 Å². The molecule has 1 fully saturated rings. The third-order valence-electron chi connectivity index (χ3n) is 4.91. The fourth-order valence-electron chi connectivity index (χ4n) is 3.85. The molecule has 0 amide bonds. The predicted octanol–water partition coefficient (Wildman–Crippen LogP) is 3.71. The van der Waals surface area contributed by atoms with Crippen molar-refractivity contribution in [3.63, 3.8) is 0 Å². The molecule has 2 heterocycles. The number of nitrogens with zero attached hydrogens (tertiary/aromatic N) is 2. The van der Waals surface area contributed by atoms with E-state index in [9.17, 15) is 0 Å². The normalized spacial score (nSPS) is 21.9. The van der Waals surface area contributed by atoms with Gasteiger partial charge in [-0.2, -0.15) is 0 Å². The molecule has 1 aromatic carbocycles. The first kappa shape index (κ1) is 13.7. The number of hydrogen-bond acceptors (Lipinski definition) is 2. The minimum atomic E-state index is 1.07. The highest BCUT2D eigenvalue weighted by Crippen LogP contribution is 2.36. The summed E-state index contributed by atoms with van der Waals surface area (Å²) in [4.78, 5) is 7.22. The summed E-state index contributed by atoms with van der Waals surface area (Å²) in [6.45, 7) is 2.27. The van der Waals surface area contributed by atoms with Gasteiger partial charge in [0.15, 0.2) is 0 Å². The number of pyridine rings is 1. The van der Waals surface area contributed by atoms with Crippen LogP contribution in [0.15, 0.2) is 48.2 Å². The molecule has 1 aliphatic carbocycles. The number of piperidine rings is 1. The summed E-state index contributed by atoms with van der Waals surface area (Å²) >= 11 is 0. The van der Waals surface area contributed by atoms with E-state index in [1.807, 2.05) is 6.20 Å². The molecule has 1 saturated heterocycles. The minimum Gasteiger partial charge on any atom is -0.302 e. The van der Waals surface area contributed by atoms with E-state index in [4.69, 9.17) is 4.98 Å². The average Bonchev–Trinajstić information content (AvgIpc) is 2.71. The number of hydrogen-bond donors (Lipinski definition) is 0. The molecule has 1 aromatic heterocycles. The van der Waals surface area contributed by atoms with Crippen molar-refractivity contribution < 1.29 is 0 Å². The smallest absolute Gasteiger partial charge is 0.0740 e. The number of benzene rings is 1. The number of aryl methyl sites for hydroxylation is 2. The Hall–Kier alpha value is -1.93. The molecule has 2 aromatic rings. The van der Waals surface area contributed by atoms with Gasteiger partial charge in [-0.05, 0) is 67.6 Å². The number of fused-ring (bicyclic) bond motifs is 2. The Balaban J connectivity index is 1.97. The molecule has 0 saturated carbocycles. The molecular weight excluding hydrogens is 268 g/mol. The van der Waals surface area contributed by atoms with Gasteiger partial charge in [-0.3, -0.25) is 4.98 Å². The van der Waals surface area contributed by atoms with E-state index in [2.05, 4.69) is 48.3 Å². The van der Waals surface area contributed by atoms with Crippen LogP contribution in [0.2, 0.25) is 0 Å². The number of aromatic nitrogens is 1. The van der Waals surface area contributed by atoms with Gasteiger partial charge in [0.25, 0.3) is 0 Å². The quantitative estimate of drug-likeness (QED) is 0.735. The number of rotatable bonds is 0. The van der Waals surface area contributed by atoms with Crippen LogP contribution in [-0.2, 0) is 12.8 Å². The first-order chi connectivity index (χ1) is 10.8. The van der Waals surface area contributed by atoms with E-state index in [1.165, 1.54) is 47.3 Å². The van der Waals surface area contributed by atoms with Gasteiger partial charge in [0.05, 0.1) is 5.69 Å². The van der Waals surface area contributed by atoms with E-state index < -0.39 is 0 Å². The second-order valence-corrected chi connectivity index (χ2v) is 6.49. The third-order valence-corrected chi connectivity index (χ3v) is 4.91. The van der Waals surface area contributed by atoms with Crippen molar-refractivity contribution in [2.75, 3.05) is 20.1 Å². The summed E-state index contributed by atoms with van der Waals surface area (Å²) in [7, 11) is 2.22. The summed E-state index contributed by atoms with van der Waals surface area (Å²) in [5, 5.41) is 0. The van der Waals surface area contributed by atoms with Crippen molar-refractivity contribution in [2.45, 2.75) is 25.7 Å². The lowest BCUT2D eigenvalue weighted by Gasteiger charge is -2.27. The highest BCUT2D eigenvalue weighted by Gasteiger charge is 2.23. The average molecular weight is 290 g/mol. The molecule has 1 aliphatic heterocycles. The third kappa shape index (κ3) is 2.38. The Morgan fingerprint density at radius 2 is 1.77 bits per heavy atom. The van der Waals surface area contributed by atoms with Crippen LogP contribution in [0.25, 0.3) is 5.57 Å². The van der Waals surface area contributed by atoms with Gasteiger partial charge >= 0.3 is 0 Å². The Morgan fingerprint density at radius 3 is 2.68 bits per heavy atom. The monoisotopic (exact) mass is 290 g/mol. The van der Waals surface area contributed by atoms with Gasteiger partial charge in [0.1, 0.15) is 0 Å². The van der Waals surface area contributed by atoms with E-state index >= 15 is 0 Å². The van der Waals surface area contributed by atoms with E-state index in [0.717, 1.165) is 19.4 Å². The summed E-state index contributed by atoms with van der Waals surface area (Å²) < 4.78 is 0. The summed E-state index contributed by atoms with van der Waals surface area (Å²) in [5.41, 5.74) is 8.46. The zero-order chi connectivity index (χ0) is 14.9. The molecule has 0 spiro atoms. The fourth-order valence-corrected chi connectivity index (χ4v) is 3.85. The van der Waals surface area contributed by atoms with Gasteiger partial charge in [-0.15, -0.1) is 0 Å². The molecular formula is C20H22N2. The van der Waals surface area contributed by atoms with Gasteiger partial charge < -0.3 is 4.90 Å². The van der Waals surface area contributed by atoms with Crippen LogP contribution in [-0.4, -0.2) is 30.0 Å². The summed E-state index contributed by atoms with van der Waals surface area (Å²) in [6, 6.07) is 13.2. The maximum Gasteiger partial charge on any atom is 0.0740 e. The maximum absolute atomic E-state index is 4.78. The lowest BCUT2D eigenvalue weighted by atomic mass is 9.89. The van der Waals surface area contributed by atoms with Crippen LogP contribution in [0.5, 0.6) is 0 Å². The standard InChI is InChI=1S/C20H22N2/c1-22-13-5-8-17(14-22)19-18-9-3-2-6-15(18)10-11-16-7-4-12-21-20(16)19/h2-4,6-7,9,12H,5,8,10-11,13-14H2,1H3/b19-17-. The van der Waals surface area contributed by atoms with Gasteiger partial charge in [-0.25, -0.2) is 0 Å². The van der Waals surface area contributed by atoms with Crippen molar-refractivity contribution in [1.82, 2.24) is 9.88 Å². The maximum atomic E-state index is 4.78. The predicted molar refractivity (Wildman–Crippen MR) is 90.8 cm³/mol. The van der Waals surface area contributed by atoms with Gasteiger partial charge in [0, 0.05) is 18.3 Å². The summed E-state index contributed by atoms with van der Waals surface area (Å²) in [6.07, 6.45) is 6.60. The Kier molecular flexibility index (Phi) is 3.55. The fraction of sp³-hybridized carbons (Fsp3) is 0.350. The van der Waals surface area contributed by atoms with E-state index in [0.29, 0.717) is 0 Å². The van der Waals surface area contributed by atoms with E-state index in [-0.39, 0.29) is 0 Å². The van der Waals surface area contributed by atoms with Crippen LogP contribution in [0, 0.1) is 0 Å². The van der Waals surface area contributed by atoms with Crippen molar-refractivity contribution in [2.24, 2.45) is 0 Å². The van der Waals surface area contributed by atoms with Crippen LogP contribution >= 0.6 is 0 Å². The molecule has 2 nitrogen and oxygen atoms in total. The first-order valence-corrected chi connectivity index (χ1v) is 8.26. The number of likely N-dealkylation sites (tertiary alicyclic amines) is 1. The molecule has 2 heteroatoms. The van der Waals surface area contributed by atoms with Crippen LogP contribution in [0.3, 0.4) is 0 Å². The summed E-state index contributed by atoms with van der Waals surface area (Å²) in [5.74, 6) is 0. The van der Waals surface area contributed by atoms with Crippen molar-refractivity contribution in [1.29, 1.82) is 0 Å². The van der Waals surface area contributed by atoms with Crippen molar-refractivity contribution >= 4 is 5.57 Å². The first-order valence-electron chi connectivity index (χ1n) is 8.26. The zero-order valence-corrected chi connectivity index (χ0v) is 13.2. The molecule has 0 unspecified atom stereocenters. The highest BCUT2D eigenvalue weighted by atomic mass is 15.1. The molecule has 0 radical (unpaired) electrons. The Morgan fingerprint density at radius 1 is 0.955 bits per heavy atom. The van der Waals surface area contributed by atoms with Crippen molar-refractivity contribution in [3.05, 3.63) is 70.6 Å². The SMILES string of the molecule is CN1CCC/C(=C2\c3ccccc3CCc3cccnc32)C1. The zero-order valence-electron chi connectivity index (χ0n) is 13.2. The van der Waals surface area contributed by atoms with Crippen LogP contribution < -0.4 is 0 Å². The molecule has 4 rings (SSSR count). The molecule has 0 N–H and O–H groups in total. The number of likely N-dealkylation sites (N-methyl/N-ethyl adjacent to an activating group) is 1. The lowest BCUT2D eigenvalue weighted by molar-refractivity contribution is 0.323. The molecule has 2 aliphatic rings. The highest BCUT2D eigenvalue weighted by molar-refractivity contribution is 5.84. The molecule has 22 heavy (non-hydrogen) atoms. The van der Waals surface area contributed by atoms with Crippen LogP contribution in [0.4, 0.5) is 0 Å². The second kappa shape index (κ2) is 5.69. The Bertz CT molecular complexity index is 680. The largest absolute Gasteiger partial charge is 0.302 e. The van der Waals surface area contributed by atoms with Crippen molar-refractivity contribution in [3.8, 4) is 0 Å². The molecule has 112 valence electrons. The second-order valence-electron chi connectivity index (χ2n) is 6.49. The Labute approximate surface area is 132 Å². The van der Waals surface area contributed by atoms with Gasteiger partial charge in [-0.1, -0.05) is 30.3 Å². The van der Waals surface area contributed by atoms with E-state index in [1.54, 1.807) is 5.57 Å². The molecule has 0 bridgehead atoms. The van der Waals surface area contributed by atoms with Crippen LogP contribution in [0.1, 0.15) is 35.2 Å². The molecule has 0 atom stereocenters. The minimum absolute atomic E-state index is 1.07. The topological polar surface area (TPSA) is 16.1 Å².